The van der Waals surface area contributed by atoms with Crippen molar-refractivity contribution in [3.8, 4) is 0 Å². The van der Waals surface area contributed by atoms with Crippen LogP contribution in [0.4, 0.5) is 0 Å². The predicted molar refractivity (Wildman–Crippen MR) is 72.3 cm³/mol. The third kappa shape index (κ3) is 10.6. The van der Waals surface area contributed by atoms with Gasteiger partial charge in [0.2, 0.25) is 0 Å². The molecule has 2 heteroatoms. The topological polar surface area (TPSA) is 0 Å². The van der Waals surface area contributed by atoms with Crippen molar-refractivity contribution in [3.05, 3.63) is 0 Å². The molecule has 0 spiro atoms. The number of hydrogen-bond acceptors (Lipinski definition) is 1. The molecule has 0 saturated carbocycles. The molecule has 0 radical (unpaired) electrons. The zero-order chi connectivity index (χ0) is 10.6. The number of hydrogen-bond donors (Lipinski definition) is 0. The van der Waals surface area contributed by atoms with Gasteiger partial charge in [-0.2, -0.15) is 0 Å². The highest BCUT2D eigenvalue weighted by Gasteiger charge is 2.07. The van der Waals surface area contributed by atoms with Gasteiger partial charge in [-0.1, -0.05) is 39.5 Å². The molecule has 0 aliphatic heterocycles. The van der Waals surface area contributed by atoms with Gasteiger partial charge < -0.3 is 0 Å². The van der Waals surface area contributed by atoms with Gasteiger partial charge >= 0.3 is 0 Å². The second-order valence-electron chi connectivity index (χ2n) is 4.05. The van der Waals surface area contributed by atoms with Crippen LogP contribution in [0.15, 0.2) is 0 Å². The molecule has 0 heterocycles. The maximum absolute atomic E-state index is 5.50. The minimum atomic E-state index is -0.0305. The summed E-state index contributed by atoms with van der Waals surface area (Å²) in [5, 5.41) is 0. The van der Waals surface area contributed by atoms with Crippen molar-refractivity contribution in [1.82, 2.24) is 0 Å². The van der Waals surface area contributed by atoms with E-state index in [1.165, 1.54) is 63.7 Å². The van der Waals surface area contributed by atoms with Gasteiger partial charge in [0.15, 0.2) is 18.5 Å². The molecule has 0 aliphatic rings. The first-order chi connectivity index (χ1) is 6.81. The van der Waals surface area contributed by atoms with Gasteiger partial charge in [-0.15, -0.1) is 0 Å². The van der Waals surface area contributed by atoms with Crippen LogP contribution in [0.2, 0.25) is 0 Å². The van der Waals surface area contributed by atoms with E-state index in [0.29, 0.717) is 0 Å². The summed E-state index contributed by atoms with van der Waals surface area (Å²) < 4.78 is 0. The Labute approximate surface area is 96.3 Å². The highest BCUT2D eigenvalue weighted by molar-refractivity contribution is 8.05. The molecule has 0 nitrogen and oxygen atoms in total. The minimum Gasteiger partial charge on any atom is -0.0654 e. The Kier molecular flexibility index (Phi) is 12.0. The summed E-state index contributed by atoms with van der Waals surface area (Å²) in [5.74, 6) is 0. The summed E-state index contributed by atoms with van der Waals surface area (Å²) in [4.78, 5) is 0. The Balaban J connectivity index is 3.11. The largest absolute Gasteiger partial charge is 0.175 e. The Morgan fingerprint density at radius 2 is 1.14 bits per heavy atom. The van der Waals surface area contributed by atoms with E-state index in [1.54, 1.807) is 0 Å². The van der Waals surface area contributed by atoms with Crippen LogP contribution in [0.3, 0.4) is 0 Å². The zero-order valence-electron chi connectivity index (χ0n) is 9.93. The molecule has 0 aromatic carbocycles. The molecule has 0 aromatic heterocycles. The van der Waals surface area contributed by atoms with E-state index < -0.39 is 0 Å². The molecule has 14 heavy (non-hydrogen) atoms. The first kappa shape index (κ1) is 14.5. The first-order valence-corrected chi connectivity index (χ1v) is 8.95. The molecule has 0 bridgehead atoms. The van der Waals surface area contributed by atoms with Crippen molar-refractivity contribution in [1.29, 1.82) is 0 Å². The maximum atomic E-state index is 5.50. The minimum absolute atomic E-state index is 0.0305. The predicted octanol–water partition coefficient (Wildman–Crippen LogP) is 5.09. The lowest BCUT2D eigenvalue weighted by Gasteiger charge is -1.95. The lowest BCUT2D eigenvalue weighted by molar-refractivity contribution is 0.698. The van der Waals surface area contributed by atoms with E-state index in [9.17, 15) is 0 Å². The summed E-state index contributed by atoms with van der Waals surface area (Å²) in [5.41, 5.74) is 0. The van der Waals surface area contributed by atoms with Gasteiger partial charge in [-0.3, -0.25) is 0 Å². The van der Waals surface area contributed by atoms with Crippen molar-refractivity contribution >= 4 is 18.5 Å². The second kappa shape index (κ2) is 11.6. The summed E-state index contributed by atoms with van der Waals surface area (Å²) in [6.45, 7) is 4.50. The van der Waals surface area contributed by atoms with E-state index in [0.717, 1.165) is 0 Å². The molecule has 0 amide bonds. The van der Waals surface area contributed by atoms with E-state index >= 15 is 0 Å². The second-order valence-corrected chi connectivity index (χ2v) is 7.46. The smallest absolute Gasteiger partial charge is 0.0654 e. The van der Waals surface area contributed by atoms with Crippen LogP contribution in [0, 0.1) is 0 Å². The van der Waals surface area contributed by atoms with Gasteiger partial charge in [0.25, 0.3) is 0 Å². The Morgan fingerprint density at radius 1 is 0.714 bits per heavy atom. The third-order valence-corrected chi connectivity index (χ3v) is 5.25. The molecule has 0 saturated heterocycles. The molecular formula is C12H26PS+. The first-order valence-electron chi connectivity index (χ1n) is 6.23. The standard InChI is InChI=1S/C12H26PS/c1-3-5-7-9-11-13(14)12-10-8-6-4-2/h3-12H2,1-2H3/q+1. The molecular weight excluding hydrogens is 207 g/mol. The molecule has 0 fully saturated rings. The Bertz CT molecular complexity index is 120. The molecule has 0 unspecified atom stereocenters. The fourth-order valence-electron chi connectivity index (χ4n) is 1.54. The Morgan fingerprint density at radius 3 is 1.50 bits per heavy atom. The van der Waals surface area contributed by atoms with Crippen molar-refractivity contribution in [2.24, 2.45) is 0 Å². The number of unbranched alkanes of at least 4 members (excludes halogenated alkanes) is 6. The highest BCUT2D eigenvalue weighted by Crippen LogP contribution is 2.25. The van der Waals surface area contributed by atoms with Crippen LogP contribution in [-0.2, 0) is 11.8 Å². The van der Waals surface area contributed by atoms with Crippen molar-refractivity contribution in [3.63, 3.8) is 0 Å². The summed E-state index contributed by atoms with van der Waals surface area (Å²) in [6.07, 6.45) is 13.7. The van der Waals surface area contributed by atoms with Crippen molar-refractivity contribution in [2.45, 2.75) is 65.2 Å². The van der Waals surface area contributed by atoms with Crippen LogP contribution in [0.25, 0.3) is 0 Å². The van der Waals surface area contributed by atoms with Gasteiger partial charge in [0.1, 0.15) is 12.3 Å². The number of rotatable bonds is 10. The van der Waals surface area contributed by atoms with Crippen LogP contribution in [0.5, 0.6) is 0 Å². The fraction of sp³-hybridized carbons (Fsp3) is 1.00. The van der Waals surface area contributed by atoms with Gasteiger partial charge in [0.05, 0.1) is 0 Å². The lowest BCUT2D eigenvalue weighted by atomic mass is 10.2. The normalized spacial score (nSPS) is 10.4. The van der Waals surface area contributed by atoms with E-state index in [4.69, 9.17) is 11.8 Å². The van der Waals surface area contributed by atoms with Crippen molar-refractivity contribution < 1.29 is 0 Å². The maximum Gasteiger partial charge on any atom is 0.175 e. The Hall–Kier alpha value is 0.520. The van der Waals surface area contributed by atoms with Crippen LogP contribution >= 0.6 is 6.70 Å². The molecule has 0 aromatic rings. The average molecular weight is 233 g/mol. The average Bonchev–Trinajstić information content (AvgIpc) is 2.19. The monoisotopic (exact) mass is 233 g/mol. The molecule has 0 N–H and O–H groups in total. The van der Waals surface area contributed by atoms with Gasteiger partial charge in [-0.25, -0.2) is 0 Å². The summed E-state index contributed by atoms with van der Waals surface area (Å²) >= 11 is 5.50. The van der Waals surface area contributed by atoms with Crippen LogP contribution in [0.1, 0.15) is 65.2 Å². The van der Waals surface area contributed by atoms with Crippen LogP contribution < -0.4 is 0 Å². The summed E-state index contributed by atoms with van der Waals surface area (Å²) in [6, 6.07) is 0. The lowest BCUT2D eigenvalue weighted by Crippen LogP contribution is -1.85. The third-order valence-electron chi connectivity index (χ3n) is 2.52. The molecule has 0 atom stereocenters. The van der Waals surface area contributed by atoms with Gasteiger partial charge in [0, 0.05) is 0 Å². The molecule has 0 rings (SSSR count). The fourth-order valence-corrected chi connectivity index (χ4v) is 3.69. The summed E-state index contributed by atoms with van der Waals surface area (Å²) in [7, 11) is 0. The van der Waals surface area contributed by atoms with E-state index in [-0.39, 0.29) is 6.70 Å². The highest BCUT2D eigenvalue weighted by atomic mass is 32.4. The van der Waals surface area contributed by atoms with Crippen molar-refractivity contribution in [2.75, 3.05) is 12.3 Å². The molecule has 84 valence electrons. The zero-order valence-corrected chi connectivity index (χ0v) is 11.6. The van der Waals surface area contributed by atoms with E-state index in [2.05, 4.69) is 13.8 Å². The van der Waals surface area contributed by atoms with E-state index in [1.807, 2.05) is 0 Å². The SMILES string of the molecule is CCCCCC[P+](=S)CCCCCC. The van der Waals surface area contributed by atoms with Crippen LogP contribution in [-0.4, -0.2) is 12.3 Å². The van der Waals surface area contributed by atoms with Gasteiger partial charge in [-0.05, 0) is 25.7 Å². The molecule has 0 aliphatic carbocycles. The quantitative estimate of drug-likeness (QED) is 0.374.